The molecule has 0 unspecified atom stereocenters. The second-order valence-electron chi connectivity index (χ2n) is 6.21. The average molecular weight is 293 g/mol. The fraction of sp³-hybridized carbons (Fsp3) is 0.562. The summed E-state index contributed by atoms with van der Waals surface area (Å²) in [6.45, 7) is 6.13. The number of methoxy groups -OCH3 is 1. The maximum absolute atomic E-state index is 11.2. The maximum Gasteiger partial charge on any atom is 0.339 e. The summed E-state index contributed by atoms with van der Waals surface area (Å²) >= 11 is 0. The first-order valence-electron chi connectivity index (χ1n) is 7.16. The Morgan fingerprint density at radius 1 is 1.48 bits per heavy atom. The van der Waals surface area contributed by atoms with Crippen molar-refractivity contribution < 1.29 is 19.7 Å². The van der Waals surface area contributed by atoms with Crippen LogP contribution in [0.25, 0.3) is 0 Å². The number of likely N-dealkylation sites (tertiary alicyclic amines) is 1. The Kier molecular flexibility index (Phi) is 4.54. The normalized spacial score (nSPS) is 19.7. The zero-order valence-corrected chi connectivity index (χ0v) is 12.8. The lowest BCUT2D eigenvalue weighted by Gasteiger charge is -2.25. The molecule has 0 aliphatic carbocycles. The second kappa shape index (κ2) is 6.03. The molecule has 0 amide bonds. The highest BCUT2D eigenvalue weighted by atomic mass is 16.5. The van der Waals surface area contributed by atoms with Crippen LogP contribution in [0.2, 0.25) is 0 Å². The molecule has 1 fully saturated rings. The van der Waals surface area contributed by atoms with Crippen molar-refractivity contribution in [3.63, 3.8) is 0 Å². The molecule has 2 rings (SSSR count). The van der Waals surface area contributed by atoms with Crippen LogP contribution in [0.4, 0.5) is 0 Å². The molecule has 0 bridgehead atoms. The van der Waals surface area contributed by atoms with Crippen LogP contribution in [-0.4, -0.2) is 46.9 Å². The molecule has 5 nitrogen and oxygen atoms in total. The molecular formula is C16H23NO4. The van der Waals surface area contributed by atoms with E-state index in [0.29, 0.717) is 12.3 Å². The number of hydrogen-bond acceptors (Lipinski definition) is 4. The third kappa shape index (κ3) is 3.74. The van der Waals surface area contributed by atoms with Crippen LogP contribution in [0.15, 0.2) is 18.2 Å². The highest BCUT2D eigenvalue weighted by Crippen LogP contribution is 2.28. The summed E-state index contributed by atoms with van der Waals surface area (Å²) in [6.07, 6.45) is 0.964. The third-order valence-corrected chi connectivity index (χ3v) is 4.17. The molecule has 2 N–H and O–H groups in total. The molecule has 1 aliphatic heterocycles. The molecule has 116 valence electrons. The van der Waals surface area contributed by atoms with E-state index in [1.807, 2.05) is 19.9 Å². The average Bonchev–Trinajstić information content (AvgIpc) is 2.87. The molecule has 1 heterocycles. The van der Waals surface area contributed by atoms with Gasteiger partial charge < -0.3 is 14.9 Å². The van der Waals surface area contributed by atoms with Crippen LogP contribution in [0.1, 0.15) is 36.2 Å². The van der Waals surface area contributed by atoms with Gasteiger partial charge in [0.1, 0.15) is 11.3 Å². The number of ether oxygens (including phenoxy) is 1. The summed E-state index contributed by atoms with van der Waals surface area (Å²) in [5, 5.41) is 19.3. The van der Waals surface area contributed by atoms with Crippen LogP contribution in [0.3, 0.4) is 0 Å². The number of carbonyl (C=O) groups is 1. The predicted octanol–water partition coefficient (Wildman–Crippen LogP) is 1.99. The number of aromatic carboxylic acids is 1. The molecule has 5 heteroatoms. The van der Waals surface area contributed by atoms with E-state index < -0.39 is 11.6 Å². The minimum atomic E-state index is -0.982. The van der Waals surface area contributed by atoms with Crippen molar-refractivity contribution in [1.29, 1.82) is 0 Å². The molecule has 1 aromatic carbocycles. The monoisotopic (exact) mass is 293 g/mol. The molecule has 1 saturated heterocycles. The van der Waals surface area contributed by atoms with Gasteiger partial charge in [0.25, 0.3) is 0 Å². The number of carboxylic acids is 1. The van der Waals surface area contributed by atoms with Crippen molar-refractivity contribution in [2.45, 2.75) is 32.4 Å². The highest BCUT2D eigenvalue weighted by molar-refractivity contribution is 5.91. The summed E-state index contributed by atoms with van der Waals surface area (Å²) < 4.78 is 5.07. The lowest BCUT2D eigenvalue weighted by Crippen LogP contribution is -2.33. The minimum Gasteiger partial charge on any atom is -0.496 e. The first-order valence-corrected chi connectivity index (χ1v) is 7.16. The molecule has 0 aromatic heterocycles. The van der Waals surface area contributed by atoms with Crippen molar-refractivity contribution in [3.05, 3.63) is 29.3 Å². The van der Waals surface area contributed by atoms with Gasteiger partial charge in [0, 0.05) is 19.0 Å². The molecule has 0 radical (unpaired) electrons. The van der Waals surface area contributed by atoms with Crippen LogP contribution < -0.4 is 4.74 Å². The van der Waals surface area contributed by atoms with Crippen LogP contribution >= 0.6 is 0 Å². The van der Waals surface area contributed by atoms with E-state index in [1.165, 1.54) is 7.11 Å². The number of aliphatic hydroxyl groups is 1. The number of rotatable bonds is 5. The van der Waals surface area contributed by atoms with E-state index in [-0.39, 0.29) is 11.5 Å². The minimum absolute atomic E-state index is 0.188. The predicted molar refractivity (Wildman–Crippen MR) is 79.6 cm³/mol. The molecule has 1 aromatic rings. The van der Waals surface area contributed by atoms with Crippen molar-refractivity contribution >= 4 is 5.97 Å². The van der Waals surface area contributed by atoms with E-state index in [0.717, 1.165) is 25.1 Å². The third-order valence-electron chi connectivity index (χ3n) is 4.17. The summed E-state index contributed by atoms with van der Waals surface area (Å²) in [6, 6.07) is 5.25. The van der Waals surface area contributed by atoms with Crippen molar-refractivity contribution in [1.82, 2.24) is 4.90 Å². The summed E-state index contributed by atoms with van der Waals surface area (Å²) in [5.41, 5.74) is 0.471. The Labute approximate surface area is 125 Å². The van der Waals surface area contributed by atoms with E-state index in [9.17, 15) is 15.0 Å². The summed E-state index contributed by atoms with van der Waals surface area (Å²) in [7, 11) is 1.47. The zero-order chi connectivity index (χ0) is 15.6. The van der Waals surface area contributed by atoms with Crippen molar-refractivity contribution in [2.75, 3.05) is 20.2 Å². The van der Waals surface area contributed by atoms with Gasteiger partial charge >= 0.3 is 5.97 Å². The summed E-state index contributed by atoms with van der Waals surface area (Å²) in [4.78, 5) is 13.5. The van der Waals surface area contributed by atoms with Gasteiger partial charge in [0.15, 0.2) is 0 Å². The van der Waals surface area contributed by atoms with Gasteiger partial charge in [-0.25, -0.2) is 4.79 Å². The topological polar surface area (TPSA) is 70.0 Å². The maximum atomic E-state index is 11.2. The fourth-order valence-electron chi connectivity index (χ4n) is 2.83. The Hall–Kier alpha value is -1.59. The number of benzene rings is 1. The molecule has 0 spiro atoms. The Morgan fingerprint density at radius 2 is 2.19 bits per heavy atom. The molecule has 0 saturated carbocycles. The highest BCUT2D eigenvalue weighted by Gasteiger charge is 2.33. The van der Waals surface area contributed by atoms with Crippen molar-refractivity contribution in [3.8, 4) is 5.75 Å². The van der Waals surface area contributed by atoms with Crippen LogP contribution in [-0.2, 0) is 6.54 Å². The Morgan fingerprint density at radius 3 is 2.71 bits per heavy atom. The Bertz CT molecular complexity index is 521. The van der Waals surface area contributed by atoms with Crippen LogP contribution in [0, 0.1) is 5.92 Å². The van der Waals surface area contributed by atoms with Crippen LogP contribution in [0.5, 0.6) is 5.75 Å². The Balaban J connectivity index is 2.08. The van der Waals surface area contributed by atoms with Gasteiger partial charge in [0.05, 0.1) is 12.7 Å². The largest absolute Gasteiger partial charge is 0.496 e. The SMILES string of the molecule is COc1ccc(CN2CC[C@H](C(C)(C)O)C2)cc1C(=O)O. The van der Waals surface area contributed by atoms with E-state index in [2.05, 4.69) is 4.90 Å². The van der Waals surface area contributed by atoms with E-state index in [1.54, 1.807) is 12.1 Å². The second-order valence-corrected chi connectivity index (χ2v) is 6.21. The lowest BCUT2D eigenvalue weighted by molar-refractivity contribution is 0.0208. The summed E-state index contributed by atoms with van der Waals surface area (Å²) in [5.74, 6) is -0.346. The zero-order valence-electron chi connectivity index (χ0n) is 12.8. The van der Waals surface area contributed by atoms with Gasteiger partial charge in [-0.05, 0) is 44.5 Å². The number of carboxylic acid groups (broad SMARTS) is 1. The number of hydrogen-bond donors (Lipinski definition) is 2. The first kappa shape index (κ1) is 15.8. The van der Waals surface area contributed by atoms with Gasteiger partial charge in [-0.3, -0.25) is 4.90 Å². The first-order chi connectivity index (χ1) is 9.81. The quantitative estimate of drug-likeness (QED) is 0.869. The molecular weight excluding hydrogens is 270 g/mol. The van der Waals surface area contributed by atoms with Crippen molar-refractivity contribution in [2.24, 2.45) is 5.92 Å². The smallest absolute Gasteiger partial charge is 0.339 e. The lowest BCUT2D eigenvalue weighted by atomic mass is 9.90. The van der Waals surface area contributed by atoms with Gasteiger partial charge in [0.2, 0.25) is 0 Å². The van der Waals surface area contributed by atoms with Gasteiger partial charge in [-0.1, -0.05) is 6.07 Å². The van der Waals surface area contributed by atoms with E-state index >= 15 is 0 Å². The molecule has 1 atom stereocenters. The van der Waals surface area contributed by atoms with Gasteiger partial charge in [-0.2, -0.15) is 0 Å². The molecule has 21 heavy (non-hydrogen) atoms. The van der Waals surface area contributed by atoms with Gasteiger partial charge in [-0.15, -0.1) is 0 Å². The fourth-order valence-corrected chi connectivity index (χ4v) is 2.83. The standard InChI is InChI=1S/C16H23NO4/c1-16(2,20)12-6-7-17(10-12)9-11-4-5-14(21-3)13(8-11)15(18)19/h4-5,8,12,20H,6-7,9-10H2,1-3H3,(H,18,19)/t12-/m0/s1. The van der Waals surface area contributed by atoms with E-state index in [4.69, 9.17) is 4.74 Å². The molecule has 1 aliphatic rings. The number of nitrogens with zero attached hydrogens (tertiary/aromatic N) is 1.